The van der Waals surface area contributed by atoms with Crippen LogP contribution in [0.5, 0.6) is 0 Å². The average Bonchev–Trinajstić information content (AvgIpc) is 3.35. The Morgan fingerprint density at radius 1 is 1.07 bits per heavy atom. The van der Waals surface area contributed by atoms with Crippen molar-refractivity contribution in [3.05, 3.63) is 59.8 Å². The molecule has 2 aromatic carbocycles. The highest BCUT2D eigenvalue weighted by Gasteiger charge is 2.16. The van der Waals surface area contributed by atoms with Crippen LogP contribution < -0.4 is 10.6 Å². The van der Waals surface area contributed by atoms with Crippen LogP contribution in [0.1, 0.15) is 24.0 Å². The number of aromatic amines is 1. The summed E-state index contributed by atoms with van der Waals surface area (Å²) < 4.78 is 0. The van der Waals surface area contributed by atoms with Gasteiger partial charge in [-0.25, -0.2) is 0 Å². The van der Waals surface area contributed by atoms with Gasteiger partial charge in [-0.1, -0.05) is 35.9 Å². The van der Waals surface area contributed by atoms with Gasteiger partial charge in [0, 0.05) is 23.1 Å². The van der Waals surface area contributed by atoms with Crippen LogP contribution in [0.25, 0.3) is 22.0 Å². The highest BCUT2D eigenvalue weighted by atomic mass is 16.1. The second-order valence-corrected chi connectivity index (χ2v) is 6.94. The maximum Gasteiger partial charge on any atom is 0.106 e. The van der Waals surface area contributed by atoms with Crippen molar-refractivity contribution in [1.29, 1.82) is 0 Å². The molecule has 0 spiro atoms. The van der Waals surface area contributed by atoms with Crippen LogP contribution in [0, 0.1) is 6.92 Å². The van der Waals surface area contributed by atoms with E-state index >= 15 is 0 Å². The van der Waals surface area contributed by atoms with Crippen molar-refractivity contribution in [3.63, 3.8) is 0 Å². The molecule has 0 unspecified atom stereocenters. The molecule has 1 aliphatic rings. The third-order valence-corrected chi connectivity index (χ3v) is 4.78. The number of fused-ring (bicyclic) bond motifs is 1. The summed E-state index contributed by atoms with van der Waals surface area (Å²) in [5.74, 6) is 0. The van der Waals surface area contributed by atoms with E-state index in [1.807, 2.05) is 20.9 Å². The van der Waals surface area contributed by atoms with Gasteiger partial charge in [-0.3, -0.25) is 0 Å². The summed E-state index contributed by atoms with van der Waals surface area (Å²) in [5.41, 5.74) is 6.57. The van der Waals surface area contributed by atoms with Gasteiger partial charge in [-0.05, 0) is 75.6 Å². The van der Waals surface area contributed by atoms with Crippen molar-refractivity contribution in [3.8, 4) is 11.1 Å². The molecule has 144 valence electrons. The average molecular weight is 366 g/mol. The minimum absolute atomic E-state index is 0.641. The number of carbonyl (C=O) groups is 1. The van der Waals surface area contributed by atoms with E-state index in [9.17, 15) is 0 Å². The van der Waals surface area contributed by atoms with E-state index in [1.165, 1.54) is 52.5 Å². The smallest absolute Gasteiger partial charge is 0.106 e. The molecule has 3 N–H and O–H groups in total. The zero-order chi connectivity index (χ0) is 19.6. The molecule has 3 aromatic rings. The molecule has 1 fully saturated rings. The first kappa shape index (κ1) is 20.9. The van der Waals surface area contributed by atoms with Gasteiger partial charge in [0.2, 0.25) is 0 Å². The van der Waals surface area contributed by atoms with Gasteiger partial charge in [-0.2, -0.15) is 0 Å². The van der Waals surface area contributed by atoms with E-state index in [2.05, 4.69) is 71.2 Å². The number of carbonyl (C=O) groups excluding carboxylic acids is 1. The van der Waals surface area contributed by atoms with Crippen LogP contribution in [-0.2, 0) is 11.2 Å². The van der Waals surface area contributed by atoms with Crippen molar-refractivity contribution in [2.75, 3.05) is 20.6 Å². The van der Waals surface area contributed by atoms with Gasteiger partial charge in [0.05, 0.1) is 0 Å². The molecule has 2 heterocycles. The number of aryl methyl sites for hydroxylation is 1. The molecule has 27 heavy (non-hydrogen) atoms. The maximum absolute atomic E-state index is 8.00. The second-order valence-electron chi connectivity index (χ2n) is 6.94. The Kier molecular flexibility index (Phi) is 8.24. The van der Waals surface area contributed by atoms with E-state index in [1.54, 1.807) is 0 Å². The van der Waals surface area contributed by atoms with Crippen molar-refractivity contribution in [2.45, 2.75) is 32.2 Å². The van der Waals surface area contributed by atoms with Gasteiger partial charge in [-0.15, -0.1) is 0 Å². The number of aromatic nitrogens is 1. The van der Waals surface area contributed by atoms with Crippen LogP contribution in [0.4, 0.5) is 0 Å². The van der Waals surface area contributed by atoms with E-state index < -0.39 is 0 Å². The first-order valence-corrected chi connectivity index (χ1v) is 9.49. The molecule has 1 aromatic heterocycles. The van der Waals surface area contributed by atoms with Crippen molar-refractivity contribution in [2.24, 2.45) is 0 Å². The Labute approximate surface area is 162 Å². The zero-order valence-electron chi connectivity index (χ0n) is 16.6. The number of H-pyrrole nitrogens is 1. The van der Waals surface area contributed by atoms with Crippen LogP contribution in [0.3, 0.4) is 0 Å². The summed E-state index contributed by atoms with van der Waals surface area (Å²) >= 11 is 0. The lowest BCUT2D eigenvalue weighted by Crippen LogP contribution is -2.23. The topological polar surface area (TPSA) is 56.9 Å². The lowest BCUT2D eigenvalue weighted by Gasteiger charge is -2.09. The summed E-state index contributed by atoms with van der Waals surface area (Å²) in [6, 6.07) is 16.2. The summed E-state index contributed by atoms with van der Waals surface area (Å²) in [5, 5.41) is 7.72. The predicted octanol–water partition coefficient (Wildman–Crippen LogP) is 4.09. The molecular weight excluding hydrogens is 334 g/mol. The molecular formula is C23H31N3O. The van der Waals surface area contributed by atoms with Crippen LogP contribution >= 0.6 is 0 Å². The Balaban J connectivity index is 0.000000478. The molecule has 1 saturated heterocycles. The first-order chi connectivity index (χ1) is 13.2. The summed E-state index contributed by atoms with van der Waals surface area (Å²) in [6.45, 7) is 5.30. The van der Waals surface area contributed by atoms with Gasteiger partial charge >= 0.3 is 0 Å². The maximum atomic E-state index is 8.00. The molecule has 0 aliphatic carbocycles. The third kappa shape index (κ3) is 5.52. The summed E-state index contributed by atoms with van der Waals surface area (Å²) in [6.07, 6.45) is 5.91. The van der Waals surface area contributed by atoms with E-state index in [0.717, 1.165) is 6.42 Å². The lowest BCUT2D eigenvalue weighted by atomic mass is 9.99. The molecule has 0 saturated carbocycles. The number of nitrogens with one attached hydrogen (secondary N) is 3. The fourth-order valence-electron chi connectivity index (χ4n) is 3.47. The Bertz CT molecular complexity index is 817. The fraction of sp³-hybridized carbons (Fsp3) is 0.348. The van der Waals surface area contributed by atoms with E-state index in [4.69, 9.17) is 4.79 Å². The normalized spacial score (nSPS) is 15.6. The number of hydrogen-bond donors (Lipinski definition) is 3. The molecule has 4 heteroatoms. The molecule has 1 atom stereocenters. The molecule has 0 bridgehead atoms. The van der Waals surface area contributed by atoms with Crippen LogP contribution in [0.2, 0.25) is 0 Å². The van der Waals surface area contributed by atoms with Crippen molar-refractivity contribution in [1.82, 2.24) is 15.6 Å². The fourth-order valence-corrected chi connectivity index (χ4v) is 3.47. The zero-order valence-corrected chi connectivity index (χ0v) is 16.6. The molecule has 4 rings (SSSR count). The monoisotopic (exact) mass is 365 g/mol. The highest BCUT2D eigenvalue weighted by molar-refractivity contribution is 5.88. The van der Waals surface area contributed by atoms with Gasteiger partial charge in [0.1, 0.15) is 6.79 Å². The largest absolute Gasteiger partial charge is 0.361 e. The summed E-state index contributed by atoms with van der Waals surface area (Å²) in [7, 11) is 3.75. The molecule has 0 amide bonds. The first-order valence-electron chi connectivity index (χ1n) is 9.49. The van der Waals surface area contributed by atoms with Gasteiger partial charge in [0.25, 0.3) is 0 Å². The van der Waals surface area contributed by atoms with Gasteiger partial charge < -0.3 is 20.4 Å². The Morgan fingerprint density at radius 3 is 2.37 bits per heavy atom. The minimum atomic E-state index is 0.641. The number of benzene rings is 2. The highest BCUT2D eigenvalue weighted by Crippen LogP contribution is 2.28. The van der Waals surface area contributed by atoms with Crippen molar-refractivity contribution >= 4 is 17.7 Å². The van der Waals surface area contributed by atoms with Gasteiger partial charge in [0.15, 0.2) is 0 Å². The standard InChI is InChI=1S/C20H22N2.C2H7N.CH2O/c1-14-4-6-15(7-5-14)16-8-9-20-19(12-16)17(13-22-20)11-18-3-2-10-21-18;1-3-2;1-2/h4-9,12-13,18,21-22H,2-3,10-11H2,1H3;3H,1-2H3;1H2/t18-;;/m1../s1. The molecule has 4 nitrogen and oxygen atoms in total. The van der Waals surface area contributed by atoms with Crippen molar-refractivity contribution < 1.29 is 4.79 Å². The minimum Gasteiger partial charge on any atom is -0.361 e. The summed E-state index contributed by atoms with van der Waals surface area (Å²) in [4.78, 5) is 11.4. The van der Waals surface area contributed by atoms with E-state index in [-0.39, 0.29) is 0 Å². The van der Waals surface area contributed by atoms with Crippen LogP contribution in [0.15, 0.2) is 48.7 Å². The molecule has 1 aliphatic heterocycles. The SMILES string of the molecule is C=O.CNC.Cc1ccc(-c2ccc3[nH]cc(C[C@H]4CCCN4)c3c2)cc1. The second kappa shape index (κ2) is 10.7. The number of rotatable bonds is 3. The Hall–Kier alpha value is -2.43. The third-order valence-electron chi connectivity index (χ3n) is 4.78. The quantitative estimate of drug-likeness (QED) is 0.655. The number of hydrogen-bond acceptors (Lipinski definition) is 3. The Morgan fingerprint density at radius 2 is 1.74 bits per heavy atom. The predicted molar refractivity (Wildman–Crippen MR) is 115 cm³/mol. The lowest BCUT2D eigenvalue weighted by molar-refractivity contribution is -0.0979. The van der Waals surface area contributed by atoms with Crippen LogP contribution in [-0.4, -0.2) is 38.5 Å². The molecule has 0 radical (unpaired) electrons. The van der Waals surface area contributed by atoms with E-state index in [0.29, 0.717) is 6.04 Å².